The molecule has 0 aliphatic heterocycles. The SMILES string of the molecule is C=CCOc1ccc(C(CC(CC)c2ccc(O)cc2)CC(C)(C)C(=O)CO)cc1. The molecule has 0 saturated heterocycles. The van der Waals surface area contributed by atoms with Gasteiger partial charge in [0, 0.05) is 5.41 Å². The Labute approximate surface area is 180 Å². The number of hydrogen-bond acceptors (Lipinski definition) is 4. The van der Waals surface area contributed by atoms with Gasteiger partial charge in [-0.25, -0.2) is 0 Å². The standard InChI is InChI=1S/C26H34O4/c1-5-15-30-24-13-9-21(10-14-24)22(17-26(3,4)25(29)18-27)16-19(6-2)20-7-11-23(28)12-8-20/h5,7-14,19,22,27-28H,1,6,15-18H2,2-4H3. The van der Waals surface area contributed by atoms with Crippen LogP contribution < -0.4 is 4.74 Å². The molecule has 0 aliphatic rings. The molecule has 2 atom stereocenters. The number of Topliss-reactive ketones (excluding diaryl/α,β-unsaturated/α-hetero) is 1. The Bertz CT molecular complexity index is 806. The summed E-state index contributed by atoms with van der Waals surface area (Å²) in [7, 11) is 0. The summed E-state index contributed by atoms with van der Waals surface area (Å²) in [5, 5.41) is 19.0. The number of ether oxygens (including phenoxy) is 1. The lowest BCUT2D eigenvalue weighted by Crippen LogP contribution is -2.29. The maximum absolute atomic E-state index is 12.3. The van der Waals surface area contributed by atoms with Crippen LogP contribution in [-0.4, -0.2) is 29.2 Å². The maximum atomic E-state index is 12.3. The van der Waals surface area contributed by atoms with Crippen molar-refractivity contribution in [1.82, 2.24) is 0 Å². The van der Waals surface area contributed by atoms with Crippen LogP contribution >= 0.6 is 0 Å². The lowest BCUT2D eigenvalue weighted by Gasteiger charge is -2.31. The topological polar surface area (TPSA) is 66.8 Å². The van der Waals surface area contributed by atoms with Crippen LogP contribution in [0.1, 0.15) is 63.0 Å². The first-order valence-corrected chi connectivity index (χ1v) is 10.6. The third-order valence-corrected chi connectivity index (χ3v) is 5.80. The molecule has 0 heterocycles. The second-order valence-electron chi connectivity index (χ2n) is 8.47. The number of aliphatic hydroxyl groups excluding tert-OH is 1. The fourth-order valence-corrected chi connectivity index (χ4v) is 3.90. The van der Waals surface area contributed by atoms with Crippen molar-refractivity contribution in [3.63, 3.8) is 0 Å². The van der Waals surface area contributed by atoms with E-state index in [-0.39, 0.29) is 17.5 Å². The molecule has 2 aromatic rings. The van der Waals surface area contributed by atoms with E-state index >= 15 is 0 Å². The Morgan fingerprint density at radius 1 is 1.07 bits per heavy atom. The smallest absolute Gasteiger partial charge is 0.163 e. The van der Waals surface area contributed by atoms with Crippen LogP contribution in [0.15, 0.2) is 61.2 Å². The molecule has 2 rings (SSSR count). The van der Waals surface area contributed by atoms with E-state index in [9.17, 15) is 15.0 Å². The first-order chi connectivity index (χ1) is 14.3. The number of ketones is 1. The van der Waals surface area contributed by atoms with Gasteiger partial charge in [0.1, 0.15) is 24.7 Å². The third-order valence-electron chi connectivity index (χ3n) is 5.80. The predicted molar refractivity (Wildman–Crippen MR) is 121 cm³/mol. The van der Waals surface area contributed by atoms with Gasteiger partial charge in [0.25, 0.3) is 0 Å². The molecule has 30 heavy (non-hydrogen) atoms. The molecule has 0 bridgehead atoms. The van der Waals surface area contributed by atoms with Crippen molar-refractivity contribution in [1.29, 1.82) is 0 Å². The molecule has 162 valence electrons. The number of phenols is 1. The average Bonchev–Trinajstić information content (AvgIpc) is 2.75. The van der Waals surface area contributed by atoms with Gasteiger partial charge < -0.3 is 14.9 Å². The fraction of sp³-hybridized carbons (Fsp3) is 0.423. The molecular formula is C26H34O4. The van der Waals surface area contributed by atoms with Crippen LogP contribution in [0.3, 0.4) is 0 Å². The molecule has 0 aromatic heterocycles. The van der Waals surface area contributed by atoms with Crippen LogP contribution in [0.5, 0.6) is 11.5 Å². The van der Waals surface area contributed by atoms with E-state index in [0.29, 0.717) is 18.9 Å². The highest BCUT2D eigenvalue weighted by atomic mass is 16.5. The first-order valence-electron chi connectivity index (χ1n) is 10.6. The second kappa shape index (κ2) is 11.0. The normalized spacial score (nSPS) is 13.5. The highest BCUT2D eigenvalue weighted by Gasteiger charge is 2.32. The van der Waals surface area contributed by atoms with Crippen molar-refractivity contribution >= 4 is 5.78 Å². The highest BCUT2D eigenvalue weighted by Crippen LogP contribution is 2.40. The van der Waals surface area contributed by atoms with Gasteiger partial charge in [-0.1, -0.05) is 57.7 Å². The third kappa shape index (κ3) is 6.46. The van der Waals surface area contributed by atoms with Crippen molar-refractivity contribution < 1.29 is 19.7 Å². The number of hydrogen-bond donors (Lipinski definition) is 2. The quantitative estimate of drug-likeness (QED) is 0.447. The summed E-state index contributed by atoms with van der Waals surface area (Å²) in [6, 6.07) is 15.4. The first kappa shape index (κ1) is 23.7. The van der Waals surface area contributed by atoms with E-state index in [1.165, 1.54) is 5.56 Å². The van der Waals surface area contributed by atoms with Gasteiger partial charge in [-0.3, -0.25) is 4.79 Å². The van der Waals surface area contributed by atoms with E-state index in [1.54, 1.807) is 18.2 Å². The van der Waals surface area contributed by atoms with Crippen LogP contribution in [0.4, 0.5) is 0 Å². The van der Waals surface area contributed by atoms with Gasteiger partial charge in [-0.2, -0.15) is 0 Å². The minimum Gasteiger partial charge on any atom is -0.508 e. The lowest BCUT2D eigenvalue weighted by molar-refractivity contribution is -0.130. The molecule has 4 heteroatoms. The Morgan fingerprint density at radius 3 is 2.17 bits per heavy atom. The van der Waals surface area contributed by atoms with Gasteiger partial charge in [-0.05, 0) is 66.5 Å². The summed E-state index contributed by atoms with van der Waals surface area (Å²) in [5.41, 5.74) is 1.71. The van der Waals surface area contributed by atoms with Crippen molar-refractivity contribution in [2.45, 2.75) is 51.9 Å². The minimum atomic E-state index is -0.620. The predicted octanol–water partition coefficient (Wildman–Crippen LogP) is 5.60. The van der Waals surface area contributed by atoms with E-state index < -0.39 is 12.0 Å². The molecular weight excluding hydrogens is 376 g/mol. The van der Waals surface area contributed by atoms with Gasteiger partial charge in [0.15, 0.2) is 5.78 Å². The molecule has 0 amide bonds. The van der Waals surface area contributed by atoms with Crippen LogP contribution in [0.25, 0.3) is 0 Å². The summed E-state index contributed by atoms with van der Waals surface area (Å²) in [4.78, 5) is 12.3. The van der Waals surface area contributed by atoms with Gasteiger partial charge >= 0.3 is 0 Å². The number of carbonyl (C=O) groups is 1. The molecule has 2 unspecified atom stereocenters. The zero-order valence-corrected chi connectivity index (χ0v) is 18.3. The monoisotopic (exact) mass is 410 g/mol. The lowest BCUT2D eigenvalue weighted by atomic mass is 9.73. The Morgan fingerprint density at radius 2 is 1.63 bits per heavy atom. The van der Waals surface area contributed by atoms with E-state index in [4.69, 9.17) is 4.74 Å². The molecule has 0 radical (unpaired) electrons. The van der Waals surface area contributed by atoms with Crippen molar-refractivity contribution in [2.75, 3.05) is 13.2 Å². The van der Waals surface area contributed by atoms with Crippen molar-refractivity contribution in [3.8, 4) is 11.5 Å². The zero-order chi connectivity index (χ0) is 22.1. The molecule has 0 aliphatic carbocycles. The van der Waals surface area contributed by atoms with E-state index in [0.717, 1.165) is 24.2 Å². The highest BCUT2D eigenvalue weighted by molar-refractivity contribution is 5.85. The fourth-order valence-electron chi connectivity index (χ4n) is 3.90. The minimum absolute atomic E-state index is 0.141. The van der Waals surface area contributed by atoms with Gasteiger partial charge in [-0.15, -0.1) is 0 Å². The van der Waals surface area contributed by atoms with Crippen LogP contribution in [0, 0.1) is 5.41 Å². The summed E-state index contributed by atoms with van der Waals surface area (Å²) in [6.45, 7) is 9.65. The molecule has 0 spiro atoms. The average molecular weight is 411 g/mol. The Hall–Kier alpha value is -2.59. The molecule has 2 N–H and O–H groups in total. The van der Waals surface area contributed by atoms with E-state index in [1.807, 2.05) is 38.1 Å². The van der Waals surface area contributed by atoms with Crippen molar-refractivity contribution in [3.05, 3.63) is 72.3 Å². The molecule has 0 saturated carbocycles. The number of aromatic hydroxyl groups is 1. The number of rotatable bonds is 12. The van der Waals surface area contributed by atoms with Gasteiger partial charge in [0.2, 0.25) is 0 Å². The summed E-state index contributed by atoms with van der Waals surface area (Å²) in [5.74, 6) is 1.34. The van der Waals surface area contributed by atoms with Gasteiger partial charge in [0.05, 0.1) is 0 Å². The Kier molecular flexibility index (Phi) is 8.67. The molecule has 0 fully saturated rings. The number of carbonyl (C=O) groups excluding carboxylic acids is 1. The molecule has 2 aromatic carbocycles. The number of aliphatic hydroxyl groups is 1. The van der Waals surface area contributed by atoms with E-state index in [2.05, 4.69) is 25.6 Å². The second-order valence-corrected chi connectivity index (χ2v) is 8.47. The molecule has 4 nitrogen and oxygen atoms in total. The van der Waals surface area contributed by atoms with Crippen LogP contribution in [-0.2, 0) is 4.79 Å². The van der Waals surface area contributed by atoms with Crippen molar-refractivity contribution in [2.24, 2.45) is 5.41 Å². The zero-order valence-electron chi connectivity index (χ0n) is 18.3. The largest absolute Gasteiger partial charge is 0.508 e. The summed E-state index contributed by atoms with van der Waals surface area (Å²) < 4.78 is 5.60. The number of phenolic OH excluding ortho intramolecular Hbond substituents is 1. The summed E-state index contributed by atoms with van der Waals surface area (Å²) in [6.07, 6.45) is 4.18. The van der Waals surface area contributed by atoms with Crippen LogP contribution in [0.2, 0.25) is 0 Å². The Balaban J connectivity index is 2.31. The number of benzene rings is 2. The maximum Gasteiger partial charge on any atom is 0.163 e. The summed E-state index contributed by atoms with van der Waals surface area (Å²) >= 11 is 0.